The van der Waals surface area contributed by atoms with Crippen molar-refractivity contribution in [3.05, 3.63) is 0 Å². The van der Waals surface area contributed by atoms with Crippen molar-refractivity contribution in [1.82, 2.24) is 10.2 Å². The Hall–Kier alpha value is -0.610. The third-order valence-corrected chi connectivity index (χ3v) is 4.31. The Balaban J connectivity index is 2.67. The van der Waals surface area contributed by atoms with E-state index in [1.165, 1.54) is 0 Å². The minimum Gasteiger partial charge on any atom is -0.465 e. The van der Waals surface area contributed by atoms with Gasteiger partial charge in [-0.25, -0.2) is 0 Å². The van der Waals surface area contributed by atoms with Gasteiger partial charge in [0.15, 0.2) is 0 Å². The molecule has 0 aliphatic heterocycles. The number of hydrogen-bond acceptors (Lipinski definition) is 4. The zero-order valence-corrected chi connectivity index (χ0v) is 12.3. The van der Waals surface area contributed by atoms with Crippen LogP contribution in [0.1, 0.15) is 39.5 Å². The lowest BCUT2D eigenvalue weighted by atomic mass is 9.84. The molecule has 1 saturated carbocycles. The first kappa shape index (κ1) is 15.4. The van der Waals surface area contributed by atoms with Crippen molar-refractivity contribution < 1.29 is 9.53 Å². The highest BCUT2D eigenvalue weighted by Gasteiger charge is 2.48. The molecule has 1 fully saturated rings. The molecule has 0 aromatic carbocycles. The summed E-state index contributed by atoms with van der Waals surface area (Å²) in [5, 5.41) is 3.26. The second kappa shape index (κ2) is 7.10. The van der Waals surface area contributed by atoms with Crippen molar-refractivity contribution in [3.8, 4) is 0 Å². The van der Waals surface area contributed by atoms with Crippen molar-refractivity contribution in [2.45, 2.75) is 45.1 Å². The summed E-state index contributed by atoms with van der Waals surface area (Å²) in [7, 11) is 4.01. The van der Waals surface area contributed by atoms with E-state index in [1.807, 2.05) is 14.0 Å². The summed E-state index contributed by atoms with van der Waals surface area (Å²) >= 11 is 0. The van der Waals surface area contributed by atoms with Gasteiger partial charge in [-0.3, -0.25) is 4.79 Å². The first-order valence-electron chi connectivity index (χ1n) is 7.15. The standard InChI is InChI=1S/C14H28N2O2/c1-5-16(4)11-9-12-8-7-10-14(12,15-3)13(17)18-6-2/h12,15H,5-11H2,1-4H3. The molecule has 0 aromatic heterocycles. The highest BCUT2D eigenvalue weighted by molar-refractivity contribution is 5.81. The minimum absolute atomic E-state index is 0.0610. The van der Waals surface area contributed by atoms with Gasteiger partial charge in [0, 0.05) is 0 Å². The van der Waals surface area contributed by atoms with Gasteiger partial charge in [0.05, 0.1) is 6.61 Å². The lowest BCUT2D eigenvalue weighted by Gasteiger charge is -2.33. The number of hydrogen-bond donors (Lipinski definition) is 1. The quantitative estimate of drug-likeness (QED) is 0.703. The van der Waals surface area contributed by atoms with Crippen LogP contribution in [0.3, 0.4) is 0 Å². The molecular weight excluding hydrogens is 228 g/mol. The van der Waals surface area contributed by atoms with Crippen LogP contribution in [0.2, 0.25) is 0 Å². The van der Waals surface area contributed by atoms with Crippen molar-refractivity contribution in [1.29, 1.82) is 0 Å². The van der Waals surface area contributed by atoms with Crippen LogP contribution in [-0.4, -0.2) is 50.2 Å². The zero-order chi connectivity index (χ0) is 13.6. The second-order valence-corrected chi connectivity index (χ2v) is 5.22. The Labute approximate surface area is 111 Å². The average molecular weight is 256 g/mol. The summed E-state index contributed by atoms with van der Waals surface area (Å²) in [5.41, 5.74) is -0.440. The molecule has 0 heterocycles. The molecule has 0 aromatic rings. The normalized spacial score (nSPS) is 27.7. The molecule has 2 unspecified atom stereocenters. The van der Waals surface area contributed by atoms with E-state index in [0.29, 0.717) is 12.5 Å². The van der Waals surface area contributed by atoms with Crippen LogP contribution < -0.4 is 5.32 Å². The fraction of sp³-hybridized carbons (Fsp3) is 0.929. The number of likely N-dealkylation sites (N-methyl/N-ethyl adjacent to an activating group) is 1. The van der Waals surface area contributed by atoms with Gasteiger partial charge in [-0.2, -0.15) is 0 Å². The Bertz CT molecular complexity index is 271. The molecule has 1 aliphatic carbocycles. The van der Waals surface area contributed by atoms with Crippen molar-refractivity contribution in [2.75, 3.05) is 33.8 Å². The Morgan fingerprint density at radius 1 is 1.50 bits per heavy atom. The van der Waals surface area contributed by atoms with Gasteiger partial charge in [-0.05, 0) is 59.3 Å². The lowest BCUT2D eigenvalue weighted by Crippen LogP contribution is -2.54. The molecule has 1 rings (SSSR count). The third kappa shape index (κ3) is 3.23. The van der Waals surface area contributed by atoms with Crippen molar-refractivity contribution >= 4 is 5.97 Å². The number of nitrogens with one attached hydrogen (secondary N) is 1. The van der Waals surface area contributed by atoms with E-state index in [4.69, 9.17) is 4.74 Å². The van der Waals surface area contributed by atoms with Crippen LogP contribution in [0.15, 0.2) is 0 Å². The Morgan fingerprint density at radius 3 is 2.78 bits per heavy atom. The van der Waals surface area contributed by atoms with E-state index in [-0.39, 0.29) is 5.97 Å². The van der Waals surface area contributed by atoms with Crippen LogP contribution in [0.4, 0.5) is 0 Å². The van der Waals surface area contributed by atoms with Crippen molar-refractivity contribution in [3.63, 3.8) is 0 Å². The van der Waals surface area contributed by atoms with E-state index in [1.54, 1.807) is 0 Å². The van der Waals surface area contributed by atoms with E-state index in [2.05, 4.69) is 24.2 Å². The zero-order valence-electron chi connectivity index (χ0n) is 12.3. The molecular formula is C14H28N2O2. The van der Waals surface area contributed by atoms with Crippen LogP contribution in [0.5, 0.6) is 0 Å². The number of carbonyl (C=O) groups is 1. The number of nitrogens with zero attached hydrogens (tertiary/aromatic N) is 1. The van der Waals surface area contributed by atoms with Gasteiger partial charge >= 0.3 is 5.97 Å². The highest BCUT2D eigenvalue weighted by atomic mass is 16.5. The molecule has 0 amide bonds. The molecule has 0 saturated heterocycles. The molecule has 4 heteroatoms. The monoisotopic (exact) mass is 256 g/mol. The highest BCUT2D eigenvalue weighted by Crippen LogP contribution is 2.38. The molecule has 0 bridgehead atoms. The molecule has 1 aliphatic rings. The number of rotatable bonds is 7. The minimum atomic E-state index is -0.440. The van der Waals surface area contributed by atoms with Crippen molar-refractivity contribution in [2.24, 2.45) is 5.92 Å². The summed E-state index contributed by atoms with van der Waals surface area (Å²) in [6.07, 6.45) is 4.20. The summed E-state index contributed by atoms with van der Waals surface area (Å²) in [4.78, 5) is 14.5. The Morgan fingerprint density at radius 2 is 2.22 bits per heavy atom. The Kier molecular flexibility index (Phi) is 6.09. The van der Waals surface area contributed by atoms with Gasteiger partial charge in [-0.15, -0.1) is 0 Å². The SMILES string of the molecule is CCOC(=O)C1(NC)CCCC1CCN(C)CC. The first-order valence-corrected chi connectivity index (χ1v) is 7.15. The fourth-order valence-electron chi connectivity index (χ4n) is 2.96. The van der Waals surface area contributed by atoms with Gasteiger partial charge in [0.1, 0.15) is 5.54 Å². The van der Waals surface area contributed by atoms with Gasteiger partial charge < -0.3 is 15.0 Å². The van der Waals surface area contributed by atoms with Gasteiger partial charge in [0.25, 0.3) is 0 Å². The lowest BCUT2D eigenvalue weighted by molar-refractivity contribution is -0.153. The van der Waals surface area contributed by atoms with E-state index in [9.17, 15) is 4.79 Å². The molecule has 1 N–H and O–H groups in total. The van der Waals surface area contributed by atoms with E-state index >= 15 is 0 Å². The topological polar surface area (TPSA) is 41.6 Å². The van der Waals surface area contributed by atoms with Crippen LogP contribution in [0, 0.1) is 5.92 Å². The molecule has 106 valence electrons. The van der Waals surface area contributed by atoms with Gasteiger partial charge in [-0.1, -0.05) is 13.3 Å². The molecule has 0 spiro atoms. The maximum Gasteiger partial charge on any atom is 0.326 e. The smallest absolute Gasteiger partial charge is 0.326 e. The van der Waals surface area contributed by atoms with Crippen LogP contribution >= 0.6 is 0 Å². The molecule has 2 atom stereocenters. The molecule has 0 radical (unpaired) electrons. The number of carbonyl (C=O) groups excluding carboxylic acids is 1. The fourth-order valence-corrected chi connectivity index (χ4v) is 2.96. The summed E-state index contributed by atoms with van der Waals surface area (Å²) in [5.74, 6) is 0.338. The largest absolute Gasteiger partial charge is 0.465 e. The van der Waals surface area contributed by atoms with E-state index in [0.717, 1.165) is 38.8 Å². The van der Waals surface area contributed by atoms with Crippen LogP contribution in [-0.2, 0) is 9.53 Å². The number of ether oxygens (including phenoxy) is 1. The third-order valence-electron chi connectivity index (χ3n) is 4.31. The first-order chi connectivity index (χ1) is 8.60. The maximum absolute atomic E-state index is 12.2. The summed E-state index contributed by atoms with van der Waals surface area (Å²) < 4.78 is 5.27. The number of esters is 1. The van der Waals surface area contributed by atoms with E-state index < -0.39 is 5.54 Å². The molecule has 4 nitrogen and oxygen atoms in total. The van der Waals surface area contributed by atoms with Crippen LogP contribution in [0.25, 0.3) is 0 Å². The maximum atomic E-state index is 12.2. The summed E-state index contributed by atoms with van der Waals surface area (Å²) in [6.45, 7) is 6.59. The molecule has 18 heavy (non-hydrogen) atoms. The van der Waals surface area contributed by atoms with Gasteiger partial charge in [0.2, 0.25) is 0 Å². The summed E-state index contributed by atoms with van der Waals surface area (Å²) in [6, 6.07) is 0. The second-order valence-electron chi connectivity index (χ2n) is 5.22. The predicted octanol–water partition coefficient (Wildman–Crippen LogP) is 1.65. The predicted molar refractivity (Wildman–Crippen MR) is 73.6 cm³/mol. The average Bonchev–Trinajstić information content (AvgIpc) is 2.80.